The molecule has 1 atom stereocenters. The Morgan fingerprint density at radius 3 is 2.88 bits per heavy atom. The van der Waals surface area contributed by atoms with E-state index in [0.717, 1.165) is 5.56 Å². The van der Waals surface area contributed by atoms with Gasteiger partial charge in [0.05, 0.1) is 13.0 Å². The molecule has 26 heavy (non-hydrogen) atoms. The van der Waals surface area contributed by atoms with Crippen LogP contribution in [0.4, 0.5) is 0 Å². The van der Waals surface area contributed by atoms with Crippen LogP contribution in [0.15, 0.2) is 24.3 Å². The van der Waals surface area contributed by atoms with Gasteiger partial charge in [-0.2, -0.15) is 0 Å². The lowest BCUT2D eigenvalue weighted by Crippen LogP contribution is -2.60. The maximum Gasteiger partial charge on any atom is 0.308 e. The summed E-state index contributed by atoms with van der Waals surface area (Å²) in [7, 11) is 0. The van der Waals surface area contributed by atoms with Crippen molar-refractivity contribution < 1.29 is 19.1 Å². The molecule has 1 aromatic carbocycles. The normalized spacial score (nSPS) is 16.6. The van der Waals surface area contributed by atoms with Crippen LogP contribution in [0.5, 0.6) is 0 Å². The van der Waals surface area contributed by atoms with Gasteiger partial charge in [0.1, 0.15) is 6.04 Å². The van der Waals surface area contributed by atoms with Crippen molar-refractivity contribution in [2.24, 2.45) is 0 Å². The molecule has 2 rings (SSSR count). The molecule has 0 bridgehead atoms. The average molecular weight is 377 g/mol. The number of benzene rings is 1. The number of esters is 1. The minimum Gasteiger partial charge on any atom is -0.466 e. The highest BCUT2D eigenvalue weighted by molar-refractivity contribution is 7.80. The number of carbonyl (C=O) groups excluding carboxylic acids is 3. The first-order valence-corrected chi connectivity index (χ1v) is 8.95. The first-order valence-electron chi connectivity index (χ1n) is 8.54. The number of rotatable bonds is 5. The van der Waals surface area contributed by atoms with Crippen LogP contribution >= 0.6 is 12.2 Å². The summed E-state index contributed by atoms with van der Waals surface area (Å²) in [5.41, 5.74) is 1.44. The van der Waals surface area contributed by atoms with E-state index in [-0.39, 0.29) is 23.3 Å². The third-order valence-electron chi connectivity index (χ3n) is 3.92. The number of thiocarbonyl (C=S) groups is 1. The largest absolute Gasteiger partial charge is 0.466 e. The highest BCUT2D eigenvalue weighted by Crippen LogP contribution is 2.12. The van der Waals surface area contributed by atoms with Crippen molar-refractivity contribution in [1.29, 1.82) is 0 Å². The summed E-state index contributed by atoms with van der Waals surface area (Å²) in [5, 5.41) is 5.48. The average Bonchev–Trinajstić information content (AvgIpc) is 2.61. The molecule has 0 radical (unpaired) electrons. The number of ether oxygens (including phenoxy) is 1. The van der Waals surface area contributed by atoms with E-state index in [2.05, 4.69) is 10.6 Å². The summed E-state index contributed by atoms with van der Waals surface area (Å²) < 4.78 is 5.06. The smallest absolute Gasteiger partial charge is 0.308 e. The molecule has 0 saturated carbocycles. The molecule has 1 heterocycles. The SMILES string of the molecule is CCCOC(=O)C[C@@H]1C(=O)NCCN1C(=S)NC(=O)c1cccc(C)c1. The second-order valence-corrected chi connectivity index (χ2v) is 6.44. The number of piperazine rings is 1. The Hall–Kier alpha value is -2.48. The van der Waals surface area contributed by atoms with Crippen LogP contribution in [0.25, 0.3) is 0 Å². The van der Waals surface area contributed by atoms with Crippen molar-refractivity contribution >= 4 is 35.1 Å². The van der Waals surface area contributed by atoms with Crippen LogP contribution in [-0.4, -0.2) is 53.5 Å². The van der Waals surface area contributed by atoms with Crippen molar-refractivity contribution in [1.82, 2.24) is 15.5 Å². The standard InChI is InChI=1S/C18H23N3O4S/c1-3-9-25-15(22)11-14-17(24)19-7-8-21(14)18(26)20-16(23)13-6-4-5-12(2)10-13/h4-6,10,14H,3,7-9,11H2,1-2H3,(H,19,24)(H,20,23,26)/t14-/m1/s1. The molecule has 140 valence electrons. The van der Waals surface area contributed by atoms with Crippen molar-refractivity contribution in [3.05, 3.63) is 35.4 Å². The summed E-state index contributed by atoms with van der Waals surface area (Å²) in [5.74, 6) is -1.12. The zero-order valence-electron chi connectivity index (χ0n) is 14.9. The summed E-state index contributed by atoms with van der Waals surface area (Å²) in [6, 6.07) is 6.32. The number of aryl methyl sites for hydroxylation is 1. The molecule has 1 saturated heterocycles. The van der Waals surface area contributed by atoms with Crippen LogP contribution in [0.2, 0.25) is 0 Å². The molecule has 1 aromatic rings. The fourth-order valence-electron chi connectivity index (χ4n) is 2.62. The molecule has 1 aliphatic heterocycles. The van der Waals surface area contributed by atoms with Gasteiger partial charge in [0, 0.05) is 18.7 Å². The third kappa shape index (κ3) is 5.26. The van der Waals surface area contributed by atoms with Gasteiger partial charge in [-0.15, -0.1) is 0 Å². The van der Waals surface area contributed by atoms with Gasteiger partial charge in [0.15, 0.2) is 5.11 Å². The Balaban J connectivity index is 2.05. The van der Waals surface area contributed by atoms with Gasteiger partial charge in [-0.3, -0.25) is 19.7 Å². The van der Waals surface area contributed by atoms with Gasteiger partial charge < -0.3 is 15.0 Å². The van der Waals surface area contributed by atoms with Crippen LogP contribution in [0.1, 0.15) is 35.7 Å². The van der Waals surface area contributed by atoms with Crippen molar-refractivity contribution in [2.45, 2.75) is 32.7 Å². The van der Waals surface area contributed by atoms with Gasteiger partial charge in [-0.1, -0.05) is 24.6 Å². The van der Waals surface area contributed by atoms with Gasteiger partial charge >= 0.3 is 5.97 Å². The van der Waals surface area contributed by atoms with Gasteiger partial charge in [-0.05, 0) is 37.7 Å². The number of hydrogen-bond acceptors (Lipinski definition) is 5. The van der Waals surface area contributed by atoms with Crippen LogP contribution < -0.4 is 10.6 Å². The Bertz CT molecular complexity index is 707. The van der Waals surface area contributed by atoms with E-state index >= 15 is 0 Å². The van der Waals surface area contributed by atoms with E-state index in [1.807, 2.05) is 19.9 Å². The summed E-state index contributed by atoms with van der Waals surface area (Å²) >= 11 is 5.32. The number of amides is 2. The van der Waals surface area contributed by atoms with Crippen LogP contribution in [0.3, 0.4) is 0 Å². The zero-order chi connectivity index (χ0) is 19.1. The predicted molar refractivity (Wildman–Crippen MR) is 101 cm³/mol. The van der Waals surface area contributed by atoms with Crippen molar-refractivity contribution in [2.75, 3.05) is 19.7 Å². The summed E-state index contributed by atoms with van der Waals surface area (Å²) in [6.45, 7) is 4.89. The van der Waals surface area contributed by atoms with Gasteiger partial charge in [0.2, 0.25) is 5.91 Å². The molecule has 7 nitrogen and oxygen atoms in total. The molecule has 0 spiro atoms. The van der Waals surface area contributed by atoms with Crippen LogP contribution in [-0.2, 0) is 14.3 Å². The molecule has 2 N–H and O–H groups in total. The van der Waals surface area contributed by atoms with Gasteiger partial charge in [-0.25, -0.2) is 0 Å². The molecule has 8 heteroatoms. The lowest BCUT2D eigenvalue weighted by Gasteiger charge is -2.36. The van der Waals surface area contributed by atoms with E-state index in [0.29, 0.717) is 31.7 Å². The molecule has 1 aliphatic rings. The quantitative estimate of drug-likeness (QED) is 0.591. The first-order chi connectivity index (χ1) is 12.4. The lowest BCUT2D eigenvalue weighted by molar-refractivity contribution is -0.147. The maximum absolute atomic E-state index is 12.4. The first kappa shape index (κ1) is 19.8. The Kier molecular flexibility index (Phi) is 7.08. The number of hydrogen-bond donors (Lipinski definition) is 2. The highest BCUT2D eigenvalue weighted by Gasteiger charge is 2.34. The predicted octanol–water partition coefficient (Wildman–Crippen LogP) is 1.15. The third-order valence-corrected chi connectivity index (χ3v) is 4.26. The van der Waals surface area contributed by atoms with Crippen molar-refractivity contribution in [3.63, 3.8) is 0 Å². The second kappa shape index (κ2) is 9.28. The summed E-state index contributed by atoms with van der Waals surface area (Å²) in [6.07, 6.45) is 0.587. The fourth-order valence-corrected chi connectivity index (χ4v) is 2.93. The molecule has 0 aliphatic carbocycles. The molecular formula is C18H23N3O4S. The van der Waals surface area contributed by atoms with E-state index in [9.17, 15) is 14.4 Å². The number of nitrogens with zero attached hydrogens (tertiary/aromatic N) is 1. The molecule has 0 aromatic heterocycles. The Labute approximate surface area is 158 Å². The molecular weight excluding hydrogens is 354 g/mol. The monoisotopic (exact) mass is 377 g/mol. The topological polar surface area (TPSA) is 87.7 Å². The summed E-state index contributed by atoms with van der Waals surface area (Å²) in [4.78, 5) is 38.0. The minimum atomic E-state index is -0.793. The highest BCUT2D eigenvalue weighted by atomic mass is 32.1. The van der Waals surface area contributed by atoms with Gasteiger partial charge in [0.25, 0.3) is 5.91 Å². The second-order valence-electron chi connectivity index (χ2n) is 6.05. The number of carbonyl (C=O) groups is 3. The fraction of sp³-hybridized carbons (Fsp3) is 0.444. The Morgan fingerprint density at radius 2 is 2.19 bits per heavy atom. The minimum absolute atomic E-state index is 0.119. The molecule has 1 fully saturated rings. The zero-order valence-corrected chi connectivity index (χ0v) is 15.7. The van der Waals surface area contributed by atoms with E-state index in [1.54, 1.807) is 23.1 Å². The molecule has 2 amide bonds. The van der Waals surface area contributed by atoms with E-state index in [4.69, 9.17) is 17.0 Å². The Morgan fingerprint density at radius 1 is 1.42 bits per heavy atom. The number of nitrogens with one attached hydrogen (secondary N) is 2. The van der Waals surface area contributed by atoms with Crippen LogP contribution in [0, 0.1) is 6.92 Å². The van der Waals surface area contributed by atoms with Crippen molar-refractivity contribution in [3.8, 4) is 0 Å². The molecule has 0 unspecified atom stereocenters. The maximum atomic E-state index is 12.4. The van der Waals surface area contributed by atoms with E-state index in [1.165, 1.54) is 0 Å². The van der Waals surface area contributed by atoms with E-state index < -0.39 is 12.0 Å². The lowest BCUT2D eigenvalue weighted by atomic mass is 10.1.